The number of anilines is 1. The first-order chi connectivity index (χ1) is 12.0. The number of nitrogens with zero attached hydrogens (tertiary/aromatic N) is 3. The third-order valence-corrected chi connectivity index (χ3v) is 4.50. The summed E-state index contributed by atoms with van der Waals surface area (Å²) in [4.78, 5) is 4.16. The molecular formula is C17H11Cl2FN4O. The number of hydrogen-bond donors (Lipinski definition) is 2. The van der Waals surface area contributed by atoms with Gasteiger partial charge in [0, 0.05) is 15.6 Å². The number of phenolic OH excluding ortho intramolecular Hbond substituents is 1. The first-order valence-corrected chi connectivity index (χ1v) is 8.11. The number of aromatic nitrogens is 3. The molecule has 1 aliphatic heterocycles. The number of benzene rings is 2. The van der Waals surface area contributed by atoms with Gasteiger partial charge in [-0.15, -0.1) is 0 Å². The molecule has 0 radical (unpaired) electrons. The molecule has 0 amide bonds. The molecule has 1 aliphatic rings. The lowest BCUT2D eigenvalue weighted by atomic mass is 10.0. The molecule has 1 aromatic heterocycles. The van der Waals surface area contributed by atoms with E-state index >= 15 is 0 Å². The summed E-state index contributed by atoms with van der Waals surface area (Å²) in [5, 5.41) is 18.4. The number of nitrogens with one attached hydrogen (secondary N) is 1. The highest BCUT2D eigenvalue weighted by molar-refractivity contribution is 6.35. The molecule has 0 aliphatic carbocycles. The lowest BCUT2D eigenvalue weighted by Gasteiger charge is -2.25. The number of rotatable bonds is 2. The van der Waals surface area contributed by atoms with Crippen molar-refractivity contribution in [2.75, 3.05) is 5.32 Å². The first kappa shape index (κ1) is 15.9. The maximum absolute atomic E-state index is 13.6. The van der Waals surface area contributed by atoms with Gasteiger partial charge in [0.25, 0.3) is 0 Å². The Kier molecular flexibility index (Phi) is 3.86. The molecule has 1 unspecified atom stereocenters. The molecule has 4 rings (SSSR count). The van der Waals surface area contributed by atoms with Gasteiger partial charge < -0.3 is 10.4 Å². The second-order valence-corrected chi connectivity index (χ2v) is 6.35. The van der Waals surface area contributed by atoms with Crippen LogP contribution in [0.5, 0.6) is 5.75 Å². The predicted octanol–water partition coefficient (Wildman–Crippen LogP) is 4.49. The Balaban J connectivity index is 1.87. The number of phenols is 1. The summed E-state index contributed by atoms with van der Waals surface area (Å²) < 4.78 is 15.3. The number of fused-ring (bicyclic) bond motifs is 1. The largest absolute Gasteiger partial charge is 0.507 e. The van der Waals surface area contributed by atoms with Crippen LogP contribution in [0.15, 0.2) is 48.8 Å². The highest BCUT2D eigenvalue weighted by Gasteiger charge is 2.26. The maximum Gasteiger partial charge on any atom is 0.226 e. The smallest absolute Gasteiger partial charge is 0.226 e. The quantitative estimate of drug-likeness (QED) is 0.691. The van der Waals surface area contributed by atoms with Crippen molar-refractivity contribution in [3.05, 3.63) is 75.8 Å². The fourth-order valence-corrected chi connectivity index (χ4v) is 3.30. The minimum atomic E-state index is -0.455. The van der Waals surface area contributed by atoms with Gasteiger partial charge in [0.05, 0.1) is 5.70 Å². The average molecular weight is 377 g/mol. The van der Waals surface area contributed by atoms with E-state index in [1.807, 2.05) is 0 Å². The monoisotopic (exact) mass is 376 g/mol. The van der Waals surface area contributed by atoms with Gasteiger partial charge in [0.15, 0.2) is 0 Å². The molecule has 0 fully saturated rings. The second kappa shape index (κ2) is 6.06. The highest BCUT2D eigenvalue weighted by atomic mass is 35.5. The van der Waals surface area contributed by atoms with E-state index in [2.05, 4.69) is 15.4 Å². The summed E-state index contributed by atoms with van der Waals surface area (Å²) in [6, 6.07) is 8.53. The molecule has 2 aromatic carbocycles. The van der Waals surface area contributed by atoms with Gasteiger partial charge in [-0.3, -0.25) is 0 Å². The van der Waals surface area contributed by atoms with Gasteiger partial charge >= 0.3 is 0 Å². The molecule has 3 aromatic rings. The Morgan fingerprint density at radius 1 is 1.16 bits per heavy atom. The van der Waals surface area contributed by atoms with Crippen LogP contribution in [-0.2, 0) is 0 Å². The molecule has 126 valence electrons. The van der Waals surface area contributed by atoms with Crippen LogP contribution in [0.25, 0.3) is 5.70 Å². The minimum Gasteiger partial charge on any atom is -0.507 e. The van der Waals surface area contributed by atoms with Crippen LogP contribution in [0.2, 0.25) is 10.0 Å². The van der Waals surface area contributed by atoms with Gasteiger partial charge in [-0.2, -0.15) is 10.1 Å². The second-order valence-electron chi connectivity index (χ2n) is 5.51. The average Bonchev–Trinajstić information content (AvgIpc) is 3.05. The minimum absolute atomic E-state index is 0.0472. The zero-order valence-corrected chi connectivity index (χ0v) is 14.1. The van der Waals surface area contributed by atoms with Gasteiger partial charge in [0.2, 0.25) is 5.95 Å². The molecule has 5 nitrogen and oxygen atoms in total. The van der Waals surface area contributed by atoms with Crippen LogP contribution in [-0.4, -0.2) is 19.9 Å². The normalized spacial score (nSPS) is 16.1. The Labute approximate surface area is 152 Å². The van der Waals surface area contributed by atoms with Crippen LogP contribution in [0.4, 0.5) is 10.3 Å². The molecule has 0 saturated heterocycles. The topological polar surface area (TPSA) is 63.0 Å². The van der Waals surface area contributed by atoms with Crippen molar-refractivity contribution in [3.8, 4) is 5.75 Å². The van der Waals surface area contributed by atoms with Crippen molar-refractivity contribution >= 4 is 34.8 Å². The summed E-state index contributed by atoms with van der Waals surface area (Å²) in [5.74, 6) is -0.0464. The Morgan fingerprint density at radius 3 is 2.80 bits per heavy atom. The molecule has 2 N–H and O–H groups in total. The van der Waals surface area contributed by atoms with E-state index in [0.29, 0.717) is 27.3 Å². The first-order valence-electron chi connectivity index (χ1n) is 7.35. The highest BCUT2D eigenvalue weighted by Crippen LogP contribution is 2.37. The zero-order valence-electron chi connectivity index (χ0n) is 12.6. The molecule has 0 spiro atoms. The summed E-state index contributed by atoms with van der Waals surface area (Å²) in [6.45, 7) is 0. The predicted molar refractivity (Wildman–Crippen MR) is 94.3 cm³/mol. The van der Waals surface area contributed by atoms with E-state index in [1.54, 1.807) is 29.0 Å². The lowest BCUT2D eigenvalue weighted by molar-refractivity contribution is 0.471. The molecule has 2 heterocycles. The fraction of sp³-hybridized carbons (Fsp3) is 0.0588. The molecule has 1 atom stereocenters. The molecule has 0 saturated carbocycles. The summed E-state index contributed by atoms with van der Waals surface area (Å²) in [7, 11) is 0. The van der Waals surface area contributed by atoms with E-state index in [9.17, 15) is 9.50 Å². The van der Waals surface area contributed by atoms with E-state index in [1.165, 1.54) is 24.5 Å². The SMILES string of the molecule is Oc1ccc(F)cc1C1=CC(c2ccc(Cl)cc2Cl)n2ncnc2N1. The Hall–Kier alpha value is -2.57. The number of allylic oxidation sites excluding steroid dienone is 1. The summed E-state index contributed by atoms with van der Waals surface area (Å²) >= 11 is 12.3. The van der Waals surface area contributed by atoms with Gasteiger partial charge in [0.1, 0.15) is 23.9 Å². The van der Waals surface area contributed by atoms with Crippen LogP contribution >= 0.6 is 23.2 Å². The van der Waals surface area contributed by atoms with Crippen molar-refractivity contribution in [3.63, 3.8) is 0 Å². The van der Waals surface area contributed by atoms with Crippen molar-refractivity contribution in [1.29, 1.82) is 0 Å². The zero-order chi connectivity index (χ0) is 17.6. The number of aromatic hydroxyl groups is 1. The molecule has 25 heavy (non-hydrogen) atoms. The lowest BCUT2D eigenvalue weighted by Crippen LogP contribution is -2.20. The molecular weight excluding hydrogens is 366 g/mol. The van der Waals surface area contributed by atoms with E-state index < -0.39 is 5.82 Å². The van der Waals surface area contributed by atoms with Crippen LogP contribution < -0.4 is 5.32 Å². The number of hydrogen-bond acceptors (Lipinski definition) is 4. The van der Waals surface area contributed by atoms with Crippen LogP contribution in [0.3, 0.4) is 0 Å². The third-order valence-electron chi connectivity index (χ3n) is 3.94. The Bertz CT molecular complexity index is 1000. The summed E-state index contributed by atoms with van der Waals surface area (Å²) in [6.07, 6.45) is 3.20. The maximum atomic E-state index is 13.6. The van der Waals surface area contributed by atoms with Crippen LogP contribution in [0.1, 0.15) is 17.2 Å². The van der Waals surface area contributed by atoms with E-state index in [0.717, 1.165) is 5.56 Å². The third kappa shape index (κ3) is 2.83. The van der Waals surface area contributed by atoms with Gasteiger partial charge in [-0.1, -0.05) is 29.3 Å². The van der Waals surface area contributed by atoms with Gasteiger partial charge in [-0.25, -0.2) is 9.07 Å². The summed E-state index contributed by atoms with van der Waals surface area (Å²) in [5.41, 5.74) is 1.59. The van der Waals surface area contributed by atoms with Gasteiger partial charge in [-0.05, 0) is 42.0 Å². The Morgan fingerprint density at radius 2 is 2.00 bits per heavy atom. The number of halogens is 3. The van der Waals surface area contributed by atoms with Crippen molar-refractivity contribution in [2.45, 2.75) is 6.04 Å². The molecule has 0 bridgehead atoms. The van der Waals surface area contributed by atoms with E-state index in [-0.39, 0.29) is 11.8 Å². The van der Waals surface area contributed by atoms with Crippen molar-refractivity contribution in [2.24, 2.45) is 0 Å². The van der Waals surface area contributed by atoms with Crippen LogP contribution in [0, 0.1) is 5.82 Å². The van der Waals surface area contributed by atoms with Crippen molar-refractivity contribution in [1.82, 2.24) is 14.8 Å². The standard InChI is InChI=1S/C17H11Cl2FN4O/c18-9-1-3-11(13(19)5-9)15-7-14(23-17-21-8-22-24(15)17)12-6-10(20)2-4-16(12)25/h1-8,15,25H,(H,21,22,23). The fourth-order valence-electron chi connectivity index (χ4n) is 2.78. The molecule has 8 heteroatoms. The van der Waals surface area contributed by atoms with Crippen molar-refractivity contribution < 1.29 is 9.50 Å². The van der Waals surface area contributed by atoms with E-state index in [4.69, 9.17) is 23.2 Å².